The minimum absolute atomic E-state index is 0.162. The molecule has 0 saturated carbocycles. The molecule has 0 bridgehead atoms. The minimum atomic E-state index is -1.22. The van der Waals surface area contributed by atoms with E-state index < -0.39 is 28.6 Å². The summed E-state index contributed by atoms with van der Waals surface area (Å²) in [6.45, 7) is 2.87. The average molecular weight is 388 g/mol. The van der Waals surface area contributed by atoms with Crippen LogP contribution in [0.15, 0.2) is 36.4 Å². The molecule has 1 N–H and O–H groups in total. The fourth-order valence-corrected chi connectivity index (χ4v) is 2.49. The molecule has 0 aromatic heterocycles. The van der Waals surface area contributed by atoms with Gasteiger partial charge in [-0.25, -0.2) is 4.79 Å². The number of ether oxygens (including phenoxy) is 1. The van der Waals surface area contributed by atoms with E-state index in [2.05, 4.69) is 5.32 Å². The third-order valence-electron chi connectivity index (χ3n) is 3.66. The first-order valence-corrected chi connectivity index (χ1v) is 8.08. The molecule has 1 amide bonds. The van der Waals surface area contributed by atoms with E-state index in [1.54, 1.807) is 0 Å². The first-order valence-electron chi connectivity index (χ1n) is 7.70. The zero-order chi connectivity index (χ0) is 20.1. The average Bonchev–Trinajstić information content (AvgIpc) is 2.61. The maximum atomic E-state index is 12.3. The number of halogens is 1. The molecule has 0 saturated heterocycles. The molecule has 0 aliphatic heterocycles. The van der Waals surface area contributed by atoms with Crippen LogP contribution in [0.1, 0.15) is 28.4 Å². The third-order valence-corrected chi connectivity index (χ3v) is 3.97. The van der Waals surface area contributed by atoms with Gasteiger partial charge in [-0.2, -0.15) is 5.26 Å². The number of nitro groups is 1. The van der Waals surface area contributed by atoms with Crippen LogP contribution < -0.4 is 5.32 Å². The van der Waals surface area contributed by atoms with Crippen molar-refractivity contribution in [1.29, 1.82) is 5.26 Å². The van der Waals surface area contributed by atoms with Crippen molar-refractivity contribution in [2.45, 2.75) is 20.0 Å². The van der Waals surface area contributed by atoms with E-state index in [0.717, 1.165) is 0 Å². The standard InChI is InChI=1S/C18H14ClN3O5/c1-10-4-3-5-15(22(25)26)16(10)18(24)27-11(2)17(23)21-13-7-6-12(9-20)14(19)8-13/h3-8,11H,1-2H3,(H,21,23). The molecule has 138 valence electrons. The van der Waals surface area contributed by atoms with Crippen molar-refractivity contribution >= 4 is 34.9 Å². The van der Waals surface area contributed by atoms with E-state index in [4.69, 9.17) is 21.6 Å². The lowest BCUT2D eigenvalue weighted by molar-refractivity contribution is -0.385. The number of aryl methyl sites for hydroxylation is 1. The molecule has 1 atom stereocenters. The summed E-state index contributed by atoms with van der Waals surface area (Å²) in [6, 6.07) is 10.4. The van der Waals surface area contributed by atoms with Crippen molar-refractivity contribution in [2.75, 3.05) is 5.32 Å². The van der Waals surface area contributed by atoms with Crippen LogP contribution in [0.3, 0.4) is 0 Å². The SMILES string of the molecule is Cc1cccc([N+](=O)[O-])c1C(=O)OC(C)C(=O)Nc1ccc(C#N)c(Cl)c1. The molecule has 2 rings (SSSR count). The van der Waals surface area contributed by atoms with Gasteiger partial charge in [-0.15, -0.1) is 0 Å². The van der Waals surface area contributed by atoms with Gasteiger partial charge in [0.25, 0.3) is 11.6 Å². The van der Waals surface area contributed by atoms with Crippen molar-refractivity contribution in [3.05, 3.63) is 68.2 Å². The van der Waals surface area contributed by atoms with E-state index >= 15 is 0 Å². The highest BCUT2D eigenvalue weighted by Gasteiger charge is 2.27. The Morgan fingerprint density at radius 1 is 1.33 bits per heavy atom. The molecular weight excluding hydrogens is 374 g/mol. The van der Waals surface area contributed by atoms with Crippen molar-refractivity contribution < 1.29 is 19.2 Å². The predicted octanol–water partition coefficient (Wildman–Crippen LogP) is 3.61. The molecule has 1 unspecified atom stereocenters. The number of nitrogens with zero attached hydrogens (tertiary/aromatic N) is 2. The first kappa shape index (κ1) is 19.9. The summed E-state index contributed by atoms with van der Waals surface area (Å²) in [5, 5.41) is 22.6. The van der Waals surface area contributed by atoms with E-state index in [1.807, 2.05) is 6.07 Å². The minimum Gasteiger partial charge on any atom is -0.449 e. The number of nitrogens with one attached hydrogen (secondary N) is 1. The van der Waals surface area contributed by atoms with Crippen molar-refractivity contribution in [2.24, 2.45) is 0 Å². The third kappa shape index (κ3) is 4.59. The molecular formula is C18H14ClN3O5. The molecule has 0 radical (unpaired) electrons. The summed E-state index contributed by atoms with van der Waals surface area (Å²) in [6.07, 6.45) is -1.22. The van der Waals surface area contributed by atoms with Gasteiger partial charge in [-0.05, 0) is 37.6 Å². The first-order chi connectivity index (χ1) is 12.7. The lowest BCUT2D eigenvalue weighted by Gasteiger charge is -2.14. The fourth-order valence-electron chi connectivity index (χ4n) is 2.27. The summed E-state index contributed by atoms with van der Waals surface area (Å²) in [5.74, 6) is -1.62. The number of hydrogen-bond acceptors (Lipinski definition) is 6. The zero-order valence-electron chi connectivity index (χ0n) is 14.4. The molecule has 0 fully saturated rings. The van der Waals surface area contributed by atoms with Gasteiger partial charge in [0.05, 0.1) is 15.5 Å². The molecule has 2 aromatic rings. The highest BCUT2D eigenvalue weighted by molar-refractivity contribution is 6.32. The number of esters is 1. The van der Waals surface area contributed by atoms with Gasteiger partial charge in [-0.1, -0.05) is 23.7 Å². The van der Waals surface area contributed by atoms with E-state index in [1.165, 1.54) is 50.2 Å². The van der Waals surface area contributed by atoms with Gasteiger partial charge in [0.15, 0.2) is 6.10 Å². The number of carbonyl (C=O) groups excluding carboxylic acids is 2. The topological polar surface area (TPSA) is 122 Å². The number of amides is 1. The van der Waals surface area contributed by atoms with Crippen LogP contribution in [-0.2, 0) is 9.53 Å². The second-order valence-electron chi connectivity index (χ2n) is 5.57. The van der Waals surface area contributed by atoms with Gasteiger partial charge < -0.3 is 10.1 Å². The van der Waals surface area contributed by atoms with Crippen LogP contribution in [0, 0.1) is 28.4 Å². The molecule has 2 aromatic carbocycles. The zero-order valence-corrected chi connectivity index (χ0v) is 15.1. The van der Waals surface area contributed by atoms with Gasteiger partial charge >= 0.3 is 5.97 Å². The number of hydrogen-bond donors (Lipinski definition) is 1. The Morgan fingerprint density at radius 3 is 2.63 bits per heavy atom. The molecule has 0 aliphatic carbocycles. The van der Waals surface area contributed by atoms with Crippen molar-refractivity contribution in [3.8, 4) is 6.07 Å². The Morgan fingerprint density at radius 2 is 2.04 bits per heavy atom. The molecule has 0 aliphatic rings. The highest BCUT2D eigenvalue weighted by Crippen LogP contribution is 2.24. The van der Waals surface area contributed by atoms with Crippen LogP contribution in [0.2, 0.25) is 5.02 Å². The summed E-state index contributed by atoms with van der Waals surface area (Å²) in [4.78, 5) is 35.0. The largest absolute Gasteiger partial charge is 0.449 e. The number of nitro benzene ring substituents is 1. The number of carbonyl (C=O) groups is 2. The molecule has 0 heterocycles. The summed E-state index contributed by atoms with van der Waals surface area (Å²) in [7, 11) is 0. The summed E-state index contributed by atoms with van der Waals surface area (Å²) < 4.78 is 5.08. The molecule has 27 heavy (non-hydrogen) atoms. The molecule has 0 spiro atoms. The van der Waals surface area contributed by atoms with Crippen LogP contribution in [0.5, 0.6) is 0 Å². The van der Waals surface area contributed by atoms with Crippen LogP contribution in [0.25, 0.3) is 0 Å². The summed E-state index contributed by atoms with van der Waals surface area (Å²) in [5.41, 5.74) is 0.325. The number of rotatable bonds is 5. The number of benzene rings is 2. The van der Waals surface area contributed by atoms with Crippen molar-refractivity contribution in [1.82, 2.24) is 0 Å². The number of anilines is 1. The maximum Gasteiger partial charge on any atom is 0.346 e. The predicted molar refractivity (Wildman–Crippen MR) is 97.5 cm³/mol. The highest BCUT2D eigenvalue weighted by atomic mass is 35.5. The lowest BCUT2D eigenvalue weighted by atomic mass is 10.1. The fraction of sp³-hybridized carbons (Fsp3) is 0.167. The molecule has 8 nitrogen and oxygen atoms in total. The Bertz CT molecular complexity index is 968. The van der Waals surface area contributed by atoms with E-state index in [0.29, 0.717) is 11.3 Å². The van der Waals surface area contributed by atoms with Gasteiger partial charge in [0, 0.05) is 11.8 Å². The van der Waals surface area contributed by atoms with Crippen LogP contribution in [0.4, 0.5) is 11.4 Å². The van der Waals surface area contributed by atoms with E-state index in [9.17, 15) is 19.7 Å². The smallest absolute Gasteiger partial charge is 0.346 e. The quantitative estimate of drug-likeness (QED) is 0.475. The van der Waals surface area contributed by atoms with Gasteiger partial charge in [0.1, 0.15) is 11.6 Å². The van der Waals surface area contributed by atoms with Crippen LogP contribution >= 0.6 is 11.6 Å². The van der Waals surface area contributed by atoms with E-state index in [-0.39, 0.29) is 16.1 Å². The lowest BCUT2D eigenvalue weighted by Crippen LogP contribution is -2.30. The maximum absolute atomic E-state index is 12.3. The second-order valence-corrected chi connectivity index (χ2v) is 5.98. The second kappa shape index (κ2) is 8.29. The van der Waals surface area contributed by atoms with Crippen molar-refractivity contribution in [3.63, 3.8) is 0 Å². The normalized spacial score (nSPS) is 11.2. The Labute approximate surface area is 159 Å². The summed E-state index contributed by atoms with van der Waals surface area (Å²) >= 11 is 5.90. The number of nitriles is 1. The Balaban J connectivity index is 2.13. The van der Waals surface area contributed by atoms with Gasteiger partial charge in [-0.3, -0.25) is 14.9 Å². The Hall–Kier alpha value is -3.44. The van der Waals surface area contributed by atoms with Gasteiger partial charge in [0.2, 0.25) is 0 Å². The van der Waals surface area contributed by atoms with Crippen LogP contribution in [-0.4, -0.2) is 22.9 Å². The molecule has 9 heteroatoms. The monoisotopic (exact) mass is 387 g/mol. The Kier molecular flexibility index (Phi) is 6.11.